The molecule has 0 saturated carbocycles. The highest BCUT2D eigenvalue weighted by Crippen LogP contribution is 2.58. The molecule has 0 N–H and O–H groups in total. The standard InChI is InChI=1S/C110H80N2/c1-109(2)98-58-24-22-52-96(98)105-92(54-29-60-100(105)109)83-44-27-47-85(72-83)112(104-64-32-57-91(79-40-14-7-15-41-79)108(104)95-51-21-19-49-88(95)77-36-10-5-11-37-77)102-62-28-45-81-69-74(65-68-89(81)102)73-110(3)99-59-25-23-53-97(99)106-93(55-30-61-101(106)110)82-43-26-46-84(71-82)111(86-67-66-75-33-16-17-42-80(75)70-86)103-63-31-56-90(78-38-12-6-13-39-78)107(103)94-50-20-18-48-87(94)76-34-8-4-9-35-76/h4-72H,73H2,1-3H3. The van der Waals surface area contributed by atoms with E-state index in [4.69, 9.17) is 0 Å². The van der Waals surface area contributed by atoms with Crippen molar-refractivity contribution in [3.63, 3.8) is 0 Å². The van der Waals surface area contributed by atoms with E-state index in [9.17, 15) is 0 Å². The largest absolute Gasteiger partial charge is 0.310 e. The summed E-state index contributed by atoms with van der Waals surface area (Å²) >= 11 is 0. The molecule has 0 radical (unpaired) electrons. The van der Waals surface area contributed by atoms with Gasteiger partial charge in [0.05, 0.1) is 17.1 Å². The number of anilines is 6. The number of fused-ring (bicyclic) bond motifs is 8. The van der Waals surface area contributed by atoms with Gasteiger partial charge in [-0.2, -0.15) is 0 Å². The number of rotatable bonds is 16. The van der Waals surface area contributed by atoms with Crippen molar-refractivity contribution in [2.45, 2.75) is 38.0 Å². The second-order valence-electron chi connectivity index (χ2n) is 30.8. The second-order valence-corrected chi connectivity index (χ2v) is 30.8. The molecule has 2 heteroatoms. The zero-order valence-corrected chi connectivity index (χ0v) is 62.9. The minimum absolute atomic E-state index is 0.144. The van der Waals surface area contributed by atoms with Crippen LogP contribution in [0.5, 0.6) is 0 Å². The van der Waals surface area contributed by atoms with E-state index in [1.807, 2.05) is 0 Å². The van der Waals surface area contributed by atoms with E-state index >= 15 is 0 Å². The van der Waals surface area contributed by atoms with Gasteiger partial charge in [0.2, 0.25) is 0 Å². The Morgan fingerprint density at radius 2 is 0.571 bits per heavy atom. The van der Waals surface area contributed by atoms with Gasteiger partial charge in [-0.05, 0) is 205 Å². The molecule has 18 aromatic carbocycles. The van der Waals surface area contributed by atoms with Gasteiger partial charge in [0.25, 0.3) is 0 Å². The van der Waals surface area contributed by atoms with Gasteiger partial charge in [0.1, 0.15) is 0 Å². The van der Waals surface area contributed by atoms with E-state index < -0.39 is 0 Å². The molecule has 1 unspecified atom stereocenters. The number of hydrogen-bond acceptors (Lipinski definition) is 2. The van der Waals surface area contributed by atoms with Crippen molar-refractivity contribution >= 4 is 55.7 Å². The summed E-state index contributed by atoms with van der Waals surface area (Å²) in [7, 11) is 0. The first-order valence-corrected chi connectivity index (χ1v) is 39.2. The van der Waals surface area contributed by atoms with Gasteiger partial charge in [0.15, 0.2) is 0 Å². The van der Waals surface area contributed by atoms with Crippen LogP contribution in [-0.4, -0.2) is 0 Å². The molecule has 0 aliphatic heterocycles. The highest BCUT2D eigenvalue weighted by molar-refractivity contribution is 6.08. The van der Waals surface area contributed by atoms with Crippen molar-refractivity contribution in [3.05, 3.63) is 446 Å². The minimum Gasteiger partial charge on any atom is -0.310 e. The van der Waals surface area contributed by atoms with Crippen LogP contribution < -0.4 is 9.80 Å². The second kappa shape index (κ2) is 27.9. The zero-order valence-electron chi connectivity index (χ0n) is 62.9. The van der Waals surface area contributed by atoms with Crippen LogP contribution in [-0.2, 0) is 17.3 Å². The average Bonchev–Trinajstić information content (AvgIpc) is 1.54. The van der Waals surface area contributed by atoms with E-state index in [0.717, 1.165) is 90.4 Å². The maximum absolute atomic E-state index is 2.56. The fraction of sp³-hybridized carbons (Fsp3) is 0.0545. The molecule has 18 aromatic rings. The van der Waals surface area contributed by atoms with Crippen molar-refractivity contribution in [2.24, 2.45) is 0 Å². The van der Waals surface area contributed by atoms with Crippen molar-refractivity contribution in [2.75, 3.05) is 9.80 Å². The zero-order chi connectivity index (χ0) is 74.9. The van der Waals surface area contributed by atoms with Crippen LogP contribution in [0.3, 0.4) is 0 Å². The van der Waals surface area contributed by atoms with Crippen molar-refractivity contribution < 1.29 is 0 Å². The molecule has 0 spiro atoms. The Morgan fingerprint density at radius 1 is 0.205 bits per heavy atom. The summed E-state index contributed by atoms with van der Waals surface area (Å²) in [4.78, 5) is 5.06. The number of nitrogens with zero attached hydrogens (tertiary/aromatic N) is 2. The van der Waals surface area contributed by atoms with Crippen LogP contribution in [0, 0.1) is 0 Å². The predicted molar refractivity (Wildman–Crippen MR) is 474 cm³/mol. The van der Waals surface area contributed by atoms with Gasteiger partial charge in [-0.25, -0.2) is 0 Å². The Labute approximate surface area is 656 Å². The van der Waals surface area contributed by atoms with Gasteiger partial charge in [-0.3, -0.25) is 0 Å². The Hall–Kier alpha value is -13.9. The molecular formula is C110H80N2. The van der Waals surface area contributed by atoms with Gasteiger partial charge in [-0.1, -0.05) is 385 Å². The van der Waals surface area contributed by atoms with Gasteiger partial charge in [0, 0.05) is 44.4 Å². The maximum atomic E-state index is 2.56. The SMILES string of the molecule is CC1(C)c2ccccc2-c2c(-c3cccc(N(c4cccc(-c5ccccc5)c4-c4ccccc4-c4ccccc4)c4cccc5cc(CC6(C)c7ccccc7-c7c(-c8cccc(N(c9ccc%10ccccc%10c9)c9cccc(-c%10ccccc%10)c9-c9ccccc9-c9ccccc9)c8)cccc76)ccc45)c3)cccc21. The topological polar surface area (TPSA) is 6.48 Å². The fourth-order valence-electron chi connectivity index (χ4n) is 18.7. The first-order valence-electron chi connectivity index (χ1n) is 39.2. The third-order valence-corrected chi connectivity index (χ3v) is 23.9. The Bertz CT molecular complexity index is 6650. The monoisotopic (exact) mass is 1430 g/mol. The summed E-state index contributed by atoms with van der Waals surface area (Å²) in [5.41, 5.74) is 36.6. The minimum atomic E-state index is -0.389. The lowest BCUT2D eigenvalue weighted by Crippen LogP contribution is -2.24. The summed E-state index contributed by atoms with van der Waals surface area (Å²) in [6.45, 7) is 7.23. The molecule has 0 bridgehead atoms. The summed E-state index contributed by atoms with van der Waals surface area (Å²) in [6, 6.07) is 156. The van der Waals surface area contributed by atoms with E-state index in [2.05, 4.69) is 449 Å². The Balaban J connectivity index is 0.729. The molecule has 530 valence electrons. The summed E-state index contributed by atoms with van der Waals surface area (Å²) < 4.78 is 0. The van der Waals surface area contributed by atoms with Crippen LogP contribution >= 0.6 is 0 Å². The molecule has 0 saturated heterocycles. The predicted octanol–water partition coefficient (Wildman–Crippen LogP) is 30.1. The summed E-state index contributed by atoms with van der Waals surface area (Å²) in [5.74, 6) is 0. The van der Waals surface area contributed by atoms with Gasteiger partial charge < -0.3 is 9.80 Å². The maximum Gasteiger partial charge on any atom is 0.0546 e. The highest BCUT2D eigenvalue weighted by Gasteiger charge is 2.41. The quantitative estimate of drug-likeness (QED) is 0.0951. The summed E-state index contributed by atoms with van der Waals surface area (Å²) in [6.07, 6.45) is 0.786. The lowest BCUT2D eigenvalue weighted by molar-refractivity contribution is 0.583. The molecule has 0 heterocycles. The molecule has 2 aliphatic rings. The molecule has 1 atom stereocenters. The van der Waals surface area contributed by atoms with Crippen LogP contribution in [0.25, 0.3) is 133 Å². The number of benzene rings is 18. The van der Waals surface area contributed by atoms with E-state index in [-0.39, 0.29) is 10.8 Å². The van der Waals surface area contributed by atoms with Crippen LogP contribution in [0.2, 0.25) is 0 Å². The fourth-order valence-corrected chi connectivity index (χ4v) is 18.7. The highest BCUT2D eigenvalue weighted by atomic mass is 15.2. The van der Waals surface area contributed by atoms with Crippen LogP contribution in [0.15, 0.2) is 419 Å². The van der Waals surface area contributed by atoms with Crippen molar-refractivity contribution in [1.82, 2.24) is 0 Å². The molecular weight excluding hydrogens is 1350 g/mol. The average molecular weight is 1430 g/mol. The molecule has 0 amide bonds. The molecule has 20 rings (SSSR count). The van der Waals surface area contributed by atoms with Gasteiger partial charge >= 0.3 is 0 Å². The Morgan fingerprint density at radius 3 is 1.14 bits per heavy atom. The molecule has 112 heavy (non-hydrogen) atoms. The first-order chi connectivity index (χ1) is 55.2. The lowest BCUT2D eigenvalue weighted by atomic mass is 9.75. The molecule has 2 nitrogen and oxygen atoms in total. The molecule has 2 aliphatic carbocycles. The third kappa shape index (κ3) is 11.6. The molecule has 0 fully saturated rings. The van der Waals surface area contributed by atoms with Crippen molar-refractivity contribution in [1.29, 1.82) is 0 Å². The van der Waals surface area contributed by atoms with Crippen LogP contribution in [0.1, 0.15) is 48.6 Å². The molecule has 0 aromatic heterocycles. The smallest absolute Gasteiger partial charge is 0.0546 e. The van der Waals surface area contributed by atoms with E-state index in [0.29, 0.717) is 0 Å². The normalized spacial score (nSPS) is 13.6. The van der Waals surface area contributed by atoms with Crippen molar-refractivity contribution in [3.8, 4) is 111 Å². The van der Waals surface area contributed by atoms with Crippen LogP contribution in [0.4, 0.5) is 34.1 Å². The first kappa shape index (κ1) is 67.4. The van der Waals surface area contributed by atoms with E-state index in [1.165, 1.54) is 111 Å². The van der Waals surface area contributed by atoms with E-state index in [1.54, 1.807) is 0 Å². The third-order valence-electron chi connectivity index (χ3n) is 23.9. The Kier molecular flexibility index (Phi) is 16.8. The van der Waals surface area contributed by atoms with Gasteiger partial charge in [-0.15, -0.1) is 0 Å². The lowest BCUT2D eigenvalue weighted by Gasteiger charge is -2.31. The summed E-state index contributed by atoms with van der Waals surface area (Å²) in [5, 5.41) is 4.72. The number of hydrogen-bond donors (Lipinski definition) is 0.